The fourth-order valence-electron chi connectivity index (χ4n) is 3.17. The Bertz CT molecular complexity index is 611. The number of carboxylic acids is 1. The molecule has 3 rings (SSSR count). The van der Waals surface area contributed by atoms with Gasteiger partial charge in [-0.05, 0) is 22.3 Å². The molecule has 0 aliphatic heterocycles. The topological polar surface area (TPSA) is 37.3 Å². The summed E-state index contributed by atoms with van der Waals surface area (Å²) < 4.78 is 4.70. The molecule has 1 radical (unpaired) electrons. The van der Waals surface area contributed by atoms with Crippen LogP contribution < -0.4 is 0 Å². The molecule has 0 aromatic heterocycles. The average molecular weight is 505 g/mol. The first-order valence-corrected chi connectivity index (χ1v) is 16.6. The molecule has 0 saturated carbocycles. The van der Waals surface area contributed by atoms with Gasteiger partial charge in [-0.2, -0.15) is 0 Å². The first kappa shape index (κ1) is 18.2. The SMILES string of the molecule is C[CH2][Pb]([CH2]C)[CH2]C.O=C(O)C1c2ccccc2-c2ccccc21. The molecule has 3 heteroatoms. The summed E-state index contributed by atoms with van der Waals surface area (Å²) in [4.78, 5) is 11.3. The van der Waals surface area contributed by atoms with E-state index < -0.39 is 34.6 Å². The van der Waals surface area contributed by atoms with Crippen LogP contribution >= 0.6 is 0 Å². The quantitative estimate of drug-likeness (QED) is 0.565. The molecule has 1 aliphatic rings. The molecule has 0 amide bonds. The maximum Gasteiger partial charge on any atom is 0.315 e. The van der Waals surface area contributed by atoms with Crippen molar-refractivity contribution in [3.63, 3.8) is 0 Å². The number of aliphatic carboxylic acids is 1. The van der Waals surface area contributed by atoms with E-state index in [4.69, 9.17) is 0 Å². The summed E-state index contributed by atoms with van der Waals surface area (Å²) in [6.07, 6.45) is 0. The number of carbonyl (C=O) groups is 1. The second-order valence-electron chi connectivity index (χ2n) is 5.76. The van der Waals surface area contributed by atoms with Gasteiger partial charge in [-0.1, -0.05) is 48.5 Å². The summed E-state index contributed by atoms with van der Waals surface area (Å²) in [5, 5.41) is 9.31. The van der Waals surface area contributed by atoms with Crippen LogP contribution in [-0.2, 0) is 4.79 Å². The van der Waals surface area contributed by atoms with Gasteiger partial charge in [0.15, 0.2) is 0 Å². The van der Waals surface area contributed by atoms with Crippen LogP contribution in [0.1, 0.15) is 37.8 Å². The molecule has 0 fully saturated rings. The van der Waals surface area contributed by atoms with E-state index in [0.717, 1.165) is 22.3 Å². The van der Waals surface area contributed by atoms with Crippen molar-refractivity contribution in [2.24, 2.45) is 0 Å². The van der Waals surface area contributed by atoms with Crippen molar-refractivity contribution in [2.45, 2.75) is 38.6 Å². The predicted molar refractivity (Wildman–Crippen MR) is 98.6 cm³/mol. The second kappa shape index (κ2) is 8.62. The van der Waals surface area contributed by atoms with Crippen molar-refractivity contribution in [1.29, 1.82) is 0 Å². The Labute approximate surface area is 147 Å². The van der Waals surface area contributed by atoms with Gasteiger partial charge in [0.1, 0.15) is 5.92 Å². The number of rotatable bonds is 4. The first-order valence-electron chi connectivity index (χ1n) is 8.38. The number of fused-ring (bicyclic) bond motifs is 3. The van der Waals surface area contributed by atoms with Crippen LogP contribution in [0.15, 0.2) is 48.5 Å². The second-order valence-corrected chi connectivity index (χ2v) is 19.8. The largest absolute Gasteiger partial charge is 0.481 e. The van der Waals surface area contributed by atoms with Gasteiger partial charge in [0, 0.05) is 0 Å². The predicted octanol–water partition coefficient (Wildman–Crippen LogP) is 5.42. The van der Waals surface area contributed by atoms with E-state index in [-0.39, 0.29) is 0 Å². The van der Waals surface area contributed by atoms with Gasteiger partial charge in [-0.25, -0.2) is 0 Å². The van der Waals surface area contributed by atoms with Crippen LogP contribution in [0.2, 0.25) is 11.9 Å². The minimum atomic E-state index is -0.789. The van der Waals surface area contributed by atoms with Crippen LogP contribution in [0.5, 0.6) is 0 Å². The van der Waals surface area contributed by atoms with Gasteiger partial charge < -0.3 is 5.11 Å². The molecule has 0 unspecified atom stereocenters. The zero-order valence-corrected chi connectivity index (χ0v) is 18.1. The normalized spacial score (nSPS) is 12.3. The Kier molecular flexibility index (Phi) is 6.81. The van der Waals surface area contributed by atoms with Crippen molar-refractivity contribution >= 4 is 28.7 Å². The van der Waals surface area contributed by atoms with E-state index >= 15 is 0 Å². The minimum absolute atomic E-state index is 0.507. The molecule has 0 saturated heterocycles. The molecule has 1 N–H and O–H groups in total. The molecule has 2 nitrogen and oxygen atoms in total. The minimum Gasteiger partial charge on any atom is -0.481 e. The van der Waals surface area contributed by atoms with Crippen molar-refractivity contribution in [3.8, 4) is 11.1 Å². The monoisotopic (exact) mass is 505 g/mol. The number of hydrogen-bond acceptors (Lipinski definition) is 1. The average Bonchev–Trinajstić information content (AvgIpc) is 2.92. The third kappa shape index (κ3) is 4.03. The maximum absolute atomic E-state index is 11.3. The third-order valence-corrected chi connectivity index (χ3v) is 16.2. The molecule has 2 aromatic carbocycles. The Hall–Kier alpha value is -1.17. The summed E-state index contributed by atoms with van der Waals surface area (Å²) in [5.41, 5.74) is 3.89. The van der Waals surface area contributed by atoms with E-state index in [9.17, 15) is 9.90 Å². The number of carboxylic acid groups (broad SMARTS) is 1. The van der Waals surface area contributed by atoms with Crippen LogP contribution in [0, 0.1) is 0 Å². The molecular formula is C20H25O2Pb. The van der Waals surface area contributed by atoms with E-state index in [1.807, 2.05) is 48.5 Å². The summed E-state index contributed by atoms with van der Waals surface area (Å²) in [6, 6.07) is 15.4. The molecule has 0 atom stereocenters. The van der Waals surface area contributed by atoms with Gasteiger partial charge in [-0.3, -0.25) is 4.79 Å². The Morgan fingerprint density at radius 3 is 1.57 bits per heavy atom. The van der Waals surface area contributed by atoms with Gasteiger partial charge in [0.25, 0.3) is 0 Å². The molecule has 121 valence electrons. The Morgan fingerprint density at radius 1 is 0.870 bits per heavy atom. The zero-order chi connectivity index (χ0) is 16.8. The van der Waals surface area contributed by atoms with E-state index in [2.05, 4.69) is 20.8 Å². The van der Waals surface area contributed by atoms with Crippen molar-refractivity contribution in [1.82, 2.24) is 0 Å². The number of benzene rings is 2. The van der Waals surface area contributed by atoms with Gasteiger partial charge in [0.2, 0.25) is 0 Å². The molecule has 0 bridgehead atoms. The van der Waals surface area contributed by atoms with Crippen molar-refractivity contribution in [2.75, 3.05) is 0 Å². The maximum atomic E-state index is 11.3. The van der Waals surface area contributed by atoms with Crippen LogP contribution in [0.25, 0.3) is 11.1 Å². The molecular weight excluding hydrogens is 479 g/mol. The molecule has 0 heterocycles. The fourth-order valence-corrected chi connectivity index (χ4v) is 9.00. The molecule has 0 spiro atoms. The standard InChI is InChI=1S/C14H10O2.3C2H5.Pb/c15-14(16)13-11-7-3-1-5-9(11)10-6-2-4-8-12(10)13;3*1-2;/h1-8,13H,(H,15,16);3*1H2,2H3;. The molecule has 23 heavy (non-hydrogen) atoms. The fraction of sp³-hybridized carbons (Fsp3) is 0.350. The summed E-state index contributed by atoms with van der Waals surface area (Å²) in [7, 11) is 0. The summed E-state index contributed by atoms with van der Waals surface area (Å²) in [5.74, 6) is -1.29. The van der Waals surface area contributed by atoms with Gasteiger partial charge >= 0.3 is 61.4 Å². The van der Waals surface area contributed by atoms with Gasteiger partial charge in [0.05, 0.1) is 0 Å². The van der Waals surface area contributed by atoms with Crippen LogP contribution in [0.3, 0.4) is 0 Å². The van der Waals surface area contributed by atoms with Crippen molar-refractivity contribution in [3.05, 3.63) is 59.7 Å². The Balaban J connectivity index is 0.000000236. The van der Waals surface area contributed by atoms with E-state index in [0.29, 0.717) is 0 Å². The van der Waals surface area contributed by atoms with E-state index in [1.165, 1.54) is 0 Å². The Morgan fingerprint density at radius 2 is 1.26 bits per heavy atom. The van der Waals surface area contributed by atoms with Crippen LogP contribution in [-0.4, -0.2) is 33.8 Å². The zero-order valence-electron chi connectivity index (χ0n) is 14.2. The van der Waals surface area contributed by atoms with Gasteiger partial charge in [-0.15, -0.1) is 0 Å². The van der Waals surface area contributed by atoms with E-state index in [1.54, 1.807) is 11.9 Å². The molecule has 1 aliphatic carbocycles. The van der Waals surface area contributed by atoms with Crippen LogP contribution in [0.4, 0.5) is 0 Å². The first-order chi connectivity index (χ1) is 11.1. The summed E-state index contributed by atoms with van der Waals surface area (Å²) >= 11 is -0.789. The number of hydrogen-bond donors (Lipinski definition) is 1. The third-order valence-electron chi connectivity index (χ3n) is 4.58. The summed E-state index contributed by atoms with van der Waals surface area (Å²) in [6.45, 7) is 7.07. The smallest absolute Gasteiger partial charge is 0.315 e. The molecule has 2 aromatic rings. The van der Waals surface area contributed by atoms with Crippen molar-refractivity contribution < 1.29 is 9.90 Å².